The minimum Gasteiger partial charge on any atom is -0.354 e. The van der Waals surface area contributed by atoms with Gasteiger partial charge in [-0.25, -0.2) is 9.07 Å². The van der Waals surface area contributed by atoms with E-state index in [0.29, 0.717) is 5.56 Å². The molecule has 0 fully saturated rings. The van der Waals surface area contributed by atoms with Crippen LogP contribution in [0.3, 0.4) is 0 Å². The molecule has 1 aliphatic heterocycles. The van der Waals surface area contributed by atoms with Crippen molar-refractivity contribution in [3.63, 3.8) is 0 Å². The van der Waals surface area contributed by atoms with Gasteiger partial charge in [-0.3, -0.25) is 0 Å². The lowest BCUT2D eigenvalue weighted by atomic mass is 9.93. The predicted molar refractivity (Wildman–Crippen MR) is 71.6 cm³/mol. The van der Waals surface area contributed by atoms with E-state index in [2.05, 4.69) is 22.3 Å². The van der Waals surface area contributed by atoms with Crippen LogP contribution in [0.2, 0.25) is 0 Å². The van der Waals surface area contributed by atoms with Crippen molar-refractivity contribution in [3.05, 3.63) is 41.5 Å². The molecule has 0 saturated carbocycles. The molecule has 0 aliphatic carbocycles. The van der Waals surface area contributed by atoms with Crippen molar-refractivity contribution >= 4 is 5.95 Å². The Labute approximate surface area is 111 Å². The first-order valence-electron chi connectivity index (χ1n) is 6.64. The van der Waals surface area contributed by atoms with Gasteiger partial charge in [0.2, 0.25) is 5.95 Å². The van der Waals surface area contributed by atoms with Crippen LogP contribution >= 0.6 is 0 Å². The van der Waals surface area contributed by atoms with Crippen LogP contribution in [0.15, 0.2) is 24.3 Å². The Hall–Kier alpha value is -1.91. The Balaban J connectivity index is 2.11. The molecule has 0 radical (unpaired) electrons. The second kappa shape index (κ2) is 4.64. The summed E-state index contributed by atoms with van der Waals surface area (Å²) in [5.74, 6) is 1.61. The fourth-order valence-corrected chi connectivity index (χ4v) is 2.59. The van der Waals surface area contributed by atoms with Crippen LogP contribution in [0.4, 0.5) is 10.3 Å². The van der Waals surface area contributed by atoms with E-state index in [1.54, 1.807) is 6.07 Å². The van der Waals surface area contributed by atoms with Gasteiger partial charge in [-0.15, -0.1) is 0 Å². The fourth-order valence-electron chi connectivity index (χ4n) is 2.59. The first-order valence-corrected chi connectivity index (χ1v) is 6.64. The van der Waals surface area contributed by atoms with E-state index < -0.39 is 0 Å². The summed E-state index contributed by atoms with van der Waals surface area (Å²) in [7, 11) is 0. The maximum atomic E-state index is 14.0. The Bertz CT molecular complexity index is 593. The molecule has 1 N–H and O–H groups in total. The molecule has 0 amide bonds. The number of fused-ring (bicyclic) bond motifs is 1. The quantitative estimate of drug-likeness (QED) is 0.902. The normalized spacial score (nSPS) is 21.8. The first-order chi connectivity index (χ1) is 9.20. The number of nitrogens with one attached hydrogen (secondary N) is 1. The highest BCUT2D eigenvalue weighted by atomic mass is 19.1. The molecule has 0 saturated heterocycles. The van der Waals surface area contributed by atoms with Crippen molar-refractivity contribution in [2.45, 2.75) is 26.3 Å². The standard InChI is InChI=1S/C14H17FN4/c1-3-12-17-14-16-8-9(2)13(19(14)18-12)10-6-4-5-7-11(10)15/h4-7,9,13H,3,8H2,1-2H3,(H,16,17,18). The lowest BCUT2D eigenvalue weighted by molar-refractivity contribution is 0.359. The molecule has 5 heteroatoms. The van der Waals surface area contributed by atoms with Gasteiger partial charge in [0.25, 0.3) is 0 Å². The Morgan fingerprint density at radius 2 is 2.21 bits per heavy atom. The Kier molecular flexibility index (Phi) is 2.97. The number of aryl methyl sites for hydroxylation is 1. The van der Waals surface area contributed by atoms with Crippen LogP contribution in [0, 0.1) is 11.7 Å². The first kappa shape index (κ1) is 12.1. The van der Waals surface area contributed by atoms with Gasteiger partial charge < -0.3 is 5.32 Å². The zero-order valence-electron chi connectivity index (χ0n) is 11.1. The molecule has 0 spiro atoms. The molecule has 2 atom stereocenters. The summed E-state index contributed by atoms with van der Waals surface area (Å²) in [5.41, 5.74) is 0.685. The predicted octanol–water partition coefficient (Wildman–Crippen LogP) is 2.63. The highest BCUT2D eigenvalue weighted by Crippen LogP contribution is 2.33. The summed E-state index contributed by atoms with van der Waals surface area (Å²) in [6.07, 6.45) is 0.778. The third-order valence-electron chi connectivity index (χ3n) is 3.60. The van der Waals surface area contributed by atoms with Crippen LogP contribution < -0.4 is 5.32 Å². The van der Waals surface area contributed by atoms with Gasteiger partial charge in [-0.1, -0.05) is 32.0 Å². The molecular formula is C14H17FN4. The van der Waals surface area contributed by atoms with E-state index >= 15 is 0 Å². The van der Waals surface area contributed by atoms with Crippen molar-refractivity contribution in [3.8, 4) is 0 Å². The molecule has 4 nitrogen and oxygen atoms in total. The number of aromatic nitrogens is 3. The lowest BCUT2D eigenvalue weighted by Gasteiger charge is -2.30. The highest BCUT2D eigenvalue weighted by molar-refractivity contribution is 5.34. The molecule has 3 rings (SSSR count). The number of anilines is 1. The van der Waals surface area contributed by atoms with Crippen molar-refractivity contribution in [1.82, 2.24) is 14.8 Å². The third kappa shape index (κ3) is 1.99. The molecule has 1 aromatic carbocycles. The molecule has 100 valence electrons. The van der Waals surface area contributed by atoms with Gasteiger partial charge in [0.1, 0.15) is 5.82 Å². The summed E-state index contributed by atoms with van der Waals surface area (Å²) in [6, 6.07) is 6.82. The van der Waals surface area contributed by atoms with E-state index in [4.69, 9.17) is 0 Å². The van der Waals surface area contributed by atoms with Gasteiger partial charge >= 0.3 is 0 Å². The number of hydrogen-bond acceptors (Lipinski definition) is 3. The summed E-state index contributed by atoms with van der Waals surface area (Å²) in [4.78, 5) is 4.43. The lowest BCUT2D eigenvalue weighted by Crippen LogP contribution is -2.32. The molecule has 2 aromatic rings. The van der Waals surface area contributed by atoms with Gasteiger partial charge in [-0.2, -0.15) is 10.1 Å². The number of nitrogens with zero attached hydrogens (tertiary/aromatic N) is 3. The van der Waals surface area contributed by atoms with Gasteiger partial charge in [-0.05, 0) is 6.07 Å². The molecule has 2 unspecified atom stereocenters. The zero-order valence-corrected chi connectivity index (χ0v) is 11.1. The molecule has 1 aromatic heterocycles. The molecule has 19 heavy (non-hydrogen) atoms. The fraction of sp³-hybridized carbons (Fsp3) is 0.429. The minimum absolute atomic E-state index is 0.0924. The molecule has 1 aliphatic rings. The van der Waals surface area contributed by atoms with Gasteiger partial charge in [0.05, 0.1) is 6.04 Å². The number of rotatable bonds is 2. The SMILES string of the molecule is CCc1nc2n(n1)C(c1ccccc1F)C(C)CN2. The second-order valence-corrected chi connectivity index (χ2v) is 4.97. The maximum Gasteiger partial charge on any atom is 0.222 e. The van der Waals surface area contributed by atoms with E-state index in [9.17, 15) is 4.39 Å². The summed E-state index contributed by atoms with van der Waals surface area (Å²) >= 11 is 0. The molecule has 0 bridgehead atoms. The average molecular weight is 260 g/mol. The van der Waals surface area contributed by atoms with Crippen LogP contribution in [0.5, 0.6) is 0 Å². The van der Waals surface area contributed by atoms with Gasteiger partial charge in [0, 0.05) is 24.4 Å². The van der Waals surface area contributed by atoms with Crippen LogP contribution in [-0.2, 0) is 6.42 Å². The van der Waals surface area contributed by atoms with Crippen molar-refractivity contribution < 1.29 is 4.39 Å². The minimum atomic E-state index is -0.180. The monoisotopic (exact) mass is 260 g/mol. The molecule has 2 heterocycles. The summed E-state index contributed by atoms with van der Waals surface area (Å²) in [5, 5.41) is 7.75. The Morgan fingerprint density at radius 3 is 2.95 bits per heavy atom. The summed E-state index contributed by atoms with van der Waals surface area (Å²) < 4.78 is 15.9. The van der Waals surface area contributed by atoms with Crippen LogP contribution in [-0.4, -0.2) is 21.3 Å². The average Bonchev–Trinajstić information content (AvgIpc) is 2.83. The van der Waals surface area contributed by atoms with Crippen molar-refractivity contribution in [1.29, 1.82) is 0 Å². The van der Waals surface area contributed by atoms with E-state index in [1.807, 2.05) is 23.7 Å². The van der Waals surface area contributed by atoms with Gasteiger partial charge in [0.15, 0.2) is 5.82 Å². The summed E-state index contributed by atoms with van der Waals surface area (Å²) in [6.45, 7) is 4.89. The number of benzene rings is 1. The topological polar surface area (TPSA) is 42.7 Å². The Morgan fingerprint density at radius 1 is 1.42 bits per heavy atom. The smallest absolute Gasteiger partial charge is 0.222 e. The zero-order chi connectivity index (χ0) is 13.4. The largest absolute Gasteiger partial charge is 0.354 e. The van der Waals surface area contributed by atoms with E-state index in [0.717, 1.165) is 24.7 Å². The third-order valence-corrected chi connectivity index (χ3v) is 3.60. The number of halogens is 1. The van der Waals surface area contributed by atoms with E-state index in [-0.39, 0.29) is 17.8 Å². The van der Waals surface area contributed by atoms with Crippen molar-refractivity contribution in [2.24, 2.45) is 5.92 Å². The van der Waals surface area contributed by atoms with Crippen molar-refractivity contribution in [2.75, 3.05) is 11.9 Å². The second-order valence-electron chi connectivity index (χ2n) is 4.97. The maximum absolute atomic E-state index is 14.0. The highest BCUT2D eigenvalue weighted by Gasteiger charge is 2.31. The van der Waals surface area contributed by atoms with E-state index in [1.165, 1.54) is 6.07 Å². The number of hydrogen-bond donors (Lipinski definition) is 1. The molecular weight excluding hydrogens is 243 g/mol. The van der Waals surface area contributed by atoms with Crippen LogP contribution in [0.1, 0.15) is 31.3 Å². The van der Waals surface area contributed by atoms with Crippen LogP contribution in [0.25, 0.3) is 0 Å².